The molecule has 1 heterocycles. The van der Waals surface area contributed by atoms with Crippen LogP contribution in [0, 0.1) is 29.2 Å². The van der Waals surface area contributed by atoms with Gasteiger partial charge in [0.25, 0.3) is 0 Å². The van der Waals surface area contributed by atoms with Crippen molar-refractivity contribution in [3.05, 3.63) is 29.3 Å². The van der Waals surface area contributed by atoms with Crippen LogP contribution in [0.3, 0.4) is 0 Å². The number of piperidine rings is 1. The van der Waals surface area contributed by atoms with Gasteiger partial charge in [0.15, 0.2) is 28.2 Å². The molecule has 1 fully saturated rings. The lowest BCUT2D eigenvalue weighted by Gasteiger charge is -2.30. The van der Waals surface area contributed by atoms with Gasteiger partial charge in [-0.1, -0.05) is 6.92 Å². The molecule has 4 nitrogen and oxygen atoms in total. The molecular weight excluding hydrogens is 348 g/mol. The van der Waals surface area contributed by atoms with Gasteiger partial charge in [-0.05, 0) is 25.4 Å². The van der Waals surface area contributed by atoms with Crippen molar-refractivity contribution in [1.82, 2.24) is 10.0 Å². The van der Waals surface area contributed by atoms with Gasteiger partial charge < -0.3 is 5.32 Å². The molecule has 2 rings (SSSR count). The van der Waals surface area contributed by atoms with Crippen LogP contribution in [0.15, 0.2) is 11.0 Å². The second-order valence-corrected chi connectivity index (χ2v) is 6.65. The van der Waals surface area contributed by atoms with Crippen molar-refractivity contribution in [3.8, 4) is 0 Å². The molecule has 10 heteroatoms. The van der Waals surface area contributed by atoms with Gasteiger partial charge in [0.2, 0.25) is 10.0 Å². The summed E-state index contributed by atoms with van der Waals surface area (Å²) in [7, 11) is -4.71. The Bertz CT molecular complexity index is 631. The summed E-state index contributed by atoms with van der Waals surface area (Å²) in [6.07, 6.45) is 0.404. The molecule has 22 heavy (non-hydrogen) atoms. The summed E-state index contributed by atoms with van der Waals surface area (Å²) in [4.78, 5) is -1.62. The van der Waals surface area contributed by atoms with E-state index in [9.17, 15) is 26.0 Å². The molecule has 0 spiro atoms. The van der Waals surface area contributed by atoms with Crippen LogP contribution < -0.4 is 10.0 Å². The van der Waals surface area contributed by atoms with E-state index in [0.29, 0.717) is 19.5 Å². The molecule has 0 bridgehead atoms. The van der Waals surface area contributed by atoms with Crippen molar-refractivity contribution in [3.63, 3.8) is 0 Å². The summed E-state index contributed by atoms with van der Waals surface area (Å²) < 4.78 is 79.6. The molecule has 0 radical (unpaired) electrons. The minimum absolute atomic E-state index is 0. The van der Waals surface area contributed by atoms with Gasteiger partial charge in [-0.2, -0.15) is 0 Å². The van der Waals surface area contributed by atoms with E-state index in [0.717, 1.165) is 0 Å². The van der Waals surface area contributed by atoms with Crippen LogP contribution in [0.25, 0.3) is 0 Å². The highest BCUT2D eigenvalue weighted by molar-refractivity contribution is 7.89. The van der Waals surface area contributed by atoms with Crippen molar-refractivity contribution < 1.29 is 26.0 Å². The van der Waals surface area contributed by atoms with E-state index in [1.54, 1.807) is 6.92 Å². The molecule has 0 aliphatic carbocycles. The lowest BCUT2D eigenvalue weighted by atomic mass is 9.97. The van der Waals surface area contributed by atoms with Crippen LogP contribution in [-0.4, -0.2) is 27.5 Å². The number of hydrogen-bond acceptors (Lipinski definition) is 3. The predicted molar refractivity (Wildman–Crippen MR) is 74.3 cm³/mol. The third-order valence-electron chi connectivity index (χ3n) is 3.43. The van der Waals surface area contributed by atoms with Crippen LogP contribution in [0.2, 0.25) is 0 Å². The Morgan fingerprint density at radius 1 is 1.18 bits per heavy atom. The van der Waals surface area contributed by atoms with Gasteiger partial charge in [-0.25, -0.2) is 30.7 Å². The highest BCUT2D eigenvalue weighted by atomic mass is 35.5. The van der Waals surface area contributed by atoms with E-state index in [1.807, 2.05) is 0 Å². The fourth-order valence-corrected chi connectivity index (χ4v) is 3.77. The van der Waals surface area contributed by atoms with E-state index in [2.05, 4.69) is 10.0 Å². The second kappa shape index (κ2) is 7.12. The lowest BCUT2D eigenvalue weighted by Crippen LogP contribution is -2.48. The van der Waals surface area contributed by atoms with Crippen LogP contribution in [-0.2, 0) is 10.0 Å². The van der Waals surface area contributed by atoms with E-state index in [1.165, 1.54) is 0 Å². The zero-order valence-corrected chi connectivity index (χ0v) is 13.1. The van der Waals surface area contributed by atoms with Crippen LogP contribution in [0.4, 0.5) is 17.6 Å². The van der Waals surface area contributed by atoms with Crippen molar-refractivity contribution in [1.29, 1.82) is 0 Å². The first-order chi connectivity index (χ1) is 9.74. The third kappa shape index (κ3) is 3.70. The first-order valence-corrected chi connectivity index (χ1v) is 7.78. The Hall–Kier alpha value is -0.900. The van der Waals surface area contributed by atoms with E-state index in [4.69, 9.17) is 0 Å². The Morgan fingerprint density at radius 2 is 1.73 bits per heavy atom. The zero-order chi connectivity index (χ0) is 15.8. The van der Waals surface area contributed by atoms with Crippen molar-refractivity contribution in [2.75, 3.05) is 13.1 Å². The summed E-state index contributed by atoms with van der Waals surface area (Å²) >= 11 is 0. The number of sulfonamides is 1. The molecule has 1 aliphatic rings. The number of halogens is 5. The van der Waals surface area contributed by atoms with E-state index >= 15 is 0 Å². The molecule has 2 N–H and O–H groups in total. The number of rotatable bonds is 3. The molecule has 1 saturated heterocycles. The smallest absolute Gasteiger partial charge is 0.246 e. The monoisotopic (exact) mass is 362 g/mol. The molecule has 2 atom stereocenters. The summed E-state index contributed by atoms with van der Waals surface area (Å²) in [5, 5.41) is 3.03. The Labute approximate surface area is 131 Å². The maximum atomic E-state index is 13.6. The van der Waals surface area contributed by atoms with E-state index in [-0.39, 0.29) is 24.4 Å². The normalized spacial score (nSPS) is 22.2. The molecule has 0 amide bonds. The predicted octanol–water partition coefficient (Wildman–Crippen LogP) is 1.94. The Balaban J connectivity index is 0.00000242. The van der Waals surface area contributed by atoms with Gasteiger partial charge in [-0.15, -0.1) is 12.4 Å². The molecule has 1 aromatic rings. The standard InChI is InChI=1S/C12H14F4N2O2S.ClH/c1-6-5-17-3-2-9(6)18-21(19,20)12-10(15)7(13)4-8(14)11(12)16;/h4,6,9,17-18H,2-3,5H2,1H3;1H. The Morgan fingerprint density at radius 3 is 2.23 bits per heavy atom. The average Bonchev–Trinajstić information content (AvgIpc) is 2.39. The van der Waals surface area contributed by atoms with Crippen LogP contribution >= 0.6 is 12.4 Å². The topological polar surface area (TPSA) is 58.2 Å². The quantitative estimate of drug-likeness (QED) is 0.638. The van der Waals surface area contributed by atoms with Crippen molar-refractivity contribution >= 4 is 22.4 Å². The molecular formula is C12H15ClF4N2O2S. The molecule has 0 aromatic heterocycles. The van der Waals surface area contributed by atoms with Gasteiger partial charge in [-0.3, -0.25) is 0 Å². The van der Waals surface area contributed by atoms with Gasteiger partial charge in [0.1, 0.15) is 0 Å². The maximum Gasteiger partial charge on any atom is 0.246 e. The van der Waals surface area contributed by atoms with Crippen LogP contribution in [0.1, 0.15) is 13.3 Å². The first-order valence-electron chi connectivity index (χ1n) is 6.30. The summed E-state index contributed by atoms with van der Waals surface area (Å²) in [6, 6.07) is -0.599. The minimum Gasteiger partial charge on any atom is -0.316 e. The molecule has 0 saturated carbocycles. The molecule has 1 aliphatic heterocycles. The van der Waals surface area contributed by atoms with Crippen molar-refractivity contribution in [2.24, 2.45) is 5.92 Å². The zero-order valence-electron chi connectivity index (χ0n) is 11.5. The SMILES string of the molecule is CC1CNCCC1NS(=O)(=O)c1c(F)c(F)cc(F)c1F.Cl. The lowest BCUT2D eigenvalue weighted by molar-refractivity contribution is 0.326. The van der Waals surface area contributed by atoms with Crippen molar-refractivity contribution in [2.45, 2.75) is 24.3 Å². The average molecular weight is 363 g/mol. The molecule has 126 valence electrons. The molecule has 1 aromatic carbocycles. The van der Waals surface area contributed by atoms with Gasteiger partial charge in [0.05, 0.1) is 0 Å². The van der Waals surface area contributed by atoms with Gasteiger partial charge in [0, 0.05) is 12.1 Å². The van der Waals surface area contributed by atoms with Gasteiger partial charge >= 0.3 is 0 Å². The number of benzene rings is 1. The largest absolute Gasteiger partial charge is 0.316 e. The second-order valence-electron chi connectivity index (χ2n) is 5.00. The highest BCUT2D eigenvalue weighted by Gasteiger charge is 2.33. The summed E-state index contributed by atoms with van der Waals surface area (Å²) in [5.74, 6) is -7.50. The first kappa shape index (κ1) is 19.1. The summed E-state index contributed by atoms with van der Waals surface area (Å²) in [5.41, 5.74) is 0. The maximum absolute atomic E-state index is 13.6. The Kier molecular flexibility index (Phi) is 6.19. The summed E-state index contributed by atoms with van der Waals surface area (Å²) in [6.45, 7) is 2.80. The third-order valence-corrected chi connectivity index (χ3v) is 4.94. The number of nitrogens with one attached hydrogen (secondary N) is 2. The van der Waals surface area contributed by atoms with E-state index < -0.39 is 44.2 Å². The fourth-order valence-electron chi connectivity index (χ4n) is 2.23. The molecule has 2 unspecified atom stereocenters. The fraction of sp³-hybridized carbons (Fsp3) is 0.500. The minimum atomic E-state index is -4.71. The highest BCUT2D eigenvalue weighted by Crippen LogP contribution is 2.25. The number of hydrogen-bond donors (Lipinski definition) is 2. The van der Waals surface area contributed by atoms with Crippen LogP contribution in [0.5, 0.6) is 0 Å².